The molecule has 0 bridgehead atoms. The summed E-state index contributed by atoms with van der Waals surface area (Å²) in [6, 6.07) is 18.9. The number of aromatic nitrogens is 2. The van der Waals surface area contributed by atoms with Crippen molar-refractivity contribution in [3.8, 4) is 28.8 Å². The van der Waals surface area contributed by atoms with Crippen LogP contribution < -0.4 is 10.5 Å². The highest BCUT2D eigenvalue weighted by molar-refractivity contribution is 5.76. The minimum Gasteiger partial charge on any atom is -0.457 e. The van der Waals surface area contributed by atoms with Crippen LogP contribution in [0, 0.1) is 11.3 Å². The van der Waals surface area contributed by atoms with Crippen molar-refractivity contribution < 1.29 is 4.74 Å². The van der Waals surface area contributed by atoms with Crippen molar-refractivity contribution in [2.75, 3.05) is 5.73 Å². The number of nitrogens with zero attached hydrogens (tertiary/aromatic N) is 2. The van der Waals surface area contributed by atoms with Crippen LogP contribution in [0.5, 0.6) is 11.5 Å². The molecule has 0 spiro atoms. The zero-order valence-corrected chi connectivity index (χ0v) is 11.1. The largest absolute Gasteiger partial charge is 0.457 e. The van der Waals surface area contributed by atoms with E-state index in [4.69, 9.17) is 10.5 Å². The highest BCUT2D eigenvalue weighted by atomic mass is 16.5. The fourth-order valence-corrected chi connectivity index (χ4v) is 2.04. The number of anilines is 1. The van der Waals surface area contributed by atoms with Crippen molar-refractivity contribution in [1.82, 2.24) is 10.2 Å². The number of hydrogen-bond acceptors (Lipinski definition) is 4. The molecule has 0 aliphatic rings. The third kappa shape index (κ3) is 2.42. The van der Waals surface area contributed by atoms with Crippen molar-refractivity contribution >= 4 is 5.82 Å². The van der Waals surface area contributed by atoms with Gasteiger partial charge >= 0.3 is 0 Å². The van der Waals surface area contributed by atoms with Gasteiger partial charge in [0.1, 0.15) is 23.1 Å². The predicted molar refractivity (Wildman–Crippen MR) is 79.7 cm³/mol. The molecule has 1 heterocycles. The number of para-hydroxylation sites is 2. The summed E-state index contributed by atoms with van der Waals surface area (Å²) in [6.45, 7) is 0. The van der Waals surface area contributed by atoms with E-state index >= 15 is 0 Å². The third-order valence-electron chi connectivity index (χ3n) is 3.03. The van der Waals surface area contributed by atoms with E-state index in [1.165, 1.54) is 0 Å². The molecule has 5 heteroatoms. The topological polar surface area (TPSA) is 87.7 Å². The fraction of sp³-hybridized carbons (Fsp3) is 0. The Morgan fingerprint density at radius 1 is 1.05 bits per heavy atom. The first-order valence-corrected chi connectivity index (χ1v) is 6.36. The van der Waals surface area contributed by atoms with Gasteiger partial charge in [0, 0.05) is 5.56 Å². The van der Waals surface area contributed by atoms with Crippen LogP contribution in [-0.4, -0.2) is 10.2 Å². The molecule has 0 atom stereocenters. The Balaban J connectivity index is 2.06. The smallest absolute Gasteiger partial charge is 0.163 e. The zero-order valence-electron chi connectivity index (χ0n) is 11.1. The number of nitriles is 1. The summed E-state index contributed by atoms with van der Waals surface area (Å²) in [5, 5.41) is 15.9. The molecule has 0 aliphatic heterocycles. The van der Waals surface area contributed by atoms with Gasteiger partial charge in [0.25, 0.3) is 0 Å². The van der Waals surface area contributed by atoms with E-state index in [-0.39, 0.29) is 5.82 Å². The maximum absolute atomic E-state index is 9.20. The van der Waals surface area contributed by atoms with Gasteiger partial charge in [-0.3, -0.25) is 5.10 Å². The van der Waals surface area contributed by atoms with Crippen molar-refractivity contribution in [1.29, 1.82) is 5.26 Å². The first kappa shape index (κ1) is 12.8. The Hall–Kier alpha value is -3.26. The van der Waals surface area contributed by atoms with Crippen molar-refractivity contribution in [2.24, 2.45) is 0 Å². The van der Waals surface area contributed by atoms with E-state index in [1.807, 2.05) is 54.6 Å². The van der Waals surface area contributed by atoms with Crippen LogP contribution in [-0.2, 0) is 0 Å². The average molecular weight is 276 g/mol. The fourth-order valence-electron chi connectivity index (χ4n) is 2.04. The van der Waals surface area contributed by atoms with Crippen molar-refractivity contribution in [3.63, 3.8) is 0 Å². The van der Waals surface area contributed by atoms with E-state index in [0.717, 1.165) is 11.3 Å². The van der Waals surface area contributed by atoms with Gasteiger partial charge in [-0.25, -0.2) is 0 Å². The maximum atomic E-state index is 9.20. The summed E-state index contributed by atoms with van der Waals surface area (Å²) < 4.78 is 5.87. The standard InChI is InChI=1S/C16H12N4O/c17-10-13-15(19-20-16(13)18)12-8-4-5-9-14(12)21-11-6-2-1-3-7-11/h1-9H,(H3,18,19,20). The Bertz CT molecular complexity index is 803. The van der Waals surface area contributed by atoms with Gasteiger partial charge in [-0.15, -0.1) is 0 Å². The monoisotopic (exact) mass is 276 g/mol. The first-order valence-electron chi connectivity index (χ1n) is 6.36. The summed E-state index contributed by atoms with van der Waals surface area (Å²) >= 11 is 0. The lowest BCUT2D eigenvalue weighted by atomic mass is 10.1. The molecule has 102 valence electrons. The number of hydrogen-bond donors (Lipinski definition) is 2. The van der Waals surface area contributed by atoms with Gasteiger partial charge in [-0.1, -0.05) is 30.3 Å². The van der Waals surface area contributed by atoms with Crippen molar-refractivity contribution in [2.45, 2.75) is 0 Å². The van der Waals surface area contributed by atoms with E-state index in [0.29, 0.717) is 17.0 Å². The van der Waals surface area contributed by atoms with Crippen LogP contribution in [0.1, 0.15) is 5.56 Å². The van der Waals surface area contributed by atoms with Gasteiger partial charge in [-0.05, 0) is 24.3 Å². The van der Waals surface area contributed by atoms with Crippen LogP contribution in [0.25, 0.3) is 11.3 Å². The second kappa shape index (κ2) is 5.39. The lowest BCUT2D eigenvalue weighted by Crippen LogP contribution is -1.91. The second-order valence-corrected chi connectivity index (χ2v) is 4.38. The van der Waals surface area contributed by atoms with E-state index in [1.54, 1.807) is 0 Å². The first-order chi connectivity index (χ1) is 10.3. The van der Waals surface area contributed by atoms with Crippen LogP contribution in [0.2, 0.25) is 0 Å². The molecular weight excluding hydrogens is 264 g/mol. The normalized spacial score (nSPS) is 10.0. The lowest BCUT2D eigenvalue weighted by molar-refractivity contribution is 0.484. The molecule has 0 unspecified atom stereocenters. The molecule has 3 N–H and O–H groups in total. The summed E-state index contributed by atoms with van der Waals surface area (Å²) in [7, 11) is 0. The minimum absolute atomic E-state index is 0.182. The molecule has 0 amide bonds. The zero-order chi connectivity index (χ0) is 14.7. The molecule has 0 fully saturated rings. The second-order valence-electron chi connectivity index (χ2n) is 4.38. The van der Waals surface area contributed by atoms with E-state index in [9.17, 15) is 5.26 Å². The molecule has 21 heavy (non-hydrogen) atoms. The molecule has 3 rings (SSSR count). The highest BCUT2D eigenvalue weighted by Gasteiger charge is 2.16. The molecule has 0 radical (unpaired) electrons. The van der Waals surface area contributed by atoms with Gasteiger partial charge in [0.15, 0.2) is 5.82 Å². The molecule has 0 saturated carbocycles. The molecular formula is C16H12N4O. The maximum Gasteiger partial charge on any atom is 0.163 e. The third-order valence-corrected chi connectivity index (χ3v) is 3.03. The quantitative estimate of drug-likeness (QED) is 0.768. The molecule has 2 aromatic carbocycles. The van der Waals surface area contributed by atoms with Gasteiger partial charge < -0.3 is 10.5 Å². The van der Waals surface area contributed by atoms with Crippen molar-refractivity contribution in [3.05, 3.63) is 60.2 Å². The number of rotatable bonds is 3. The lowest BCUT2D eigenvalue weighted by Gasteiger charge is -2.10. The van der Waals surface area contributed by atoms with Gasteiger partial charge in [0.2, 0.25) is 0 Å². The Morgan fingerprint density at radius 2 is 1.76 bits per heavy atom. The van der Waals surface area contributed by atoms with E-state index in [2.05, 4.69) is 16.3 Å². The van der Waals surface area contributed by atoms with E-state index < -0.39 is 0 Å². The Morgan fingerprint density at radius 3 is 2.52 bits per heavy atom. The van der Waals surface area contributed by atoms with Gasteiger partial charge in [0.05, 0.1) is 5.69 Å². The Labute approximate surface area is 121 Å². The predicted octanol–water partition coefficient (Wildman–Crippen LogP) is 3.32. The Kier molecular flexibility index (Phi) is 3.27. The molecule has 5 nitrogen and oxygen atoms in total. The molecule has 0 saturated heterocycles. The number of aromatic amines is 1. The summed E-state index contributed by atoms with van der Waals surface area (Å²) in [6.07, 6.45) is 0. The van der Waals surface area contributed by atoms with Crippen LogP contribution >= 0.6 is 0 Å². The molecule has 0 aliphatic carbocycles. The number of ether oxygens (including phenoxy) is 1. The molecule has 3 aromatic rings. The van der Waals surface area contributed by atoms with Crippen LogP contribution in [0.15, 0.2) is 54.6 Å². The number of nitrogens with two attached hydrogens (primary N) is 1. The van der Waals surface area contributed by atoms with Crippen LogP contribution in [0.4, 0.5) is 5.82 Å². The molecule has 1 aromatic heterocycles. The number of benzene rings is 2. The summed E-state index contributed by atoms with van der Waals surface area (Å²) in [5.41, 5.74) is 7.30. The number of nitrogens with one attached hydrogen (secondary N) is 1. The number of H-pyrrole nitrogens is 1. The van der Waals surface area contributed by atoms with Crippen LogP contribution in [0.3, 0.4) is 0 Å². The summed E-state index contributed by atoms with van der Waals surface area (Å²) in [5.74, 6) is 1.53. The summed E-state index contributed by atoms with van der Waals surface area (Å²) in [4.78, 5) is 0. The minimum atomic E-state index is 0.182. The van der Waals surface area contributed by atoms with Gasteiger partial charge in [-0.2, -0.15) is 10.4 Å². The SMILES string of the molecule is N#Cc1c(N)n[nH]c1-c1ccccc1Oc1ccccc1. The average Bonchev–Trinajstić information content (AvgIpc) is 2.89. The number of nitrogen functional groups attached to an aromatic ring is 1. The highest BCUT2D eigenvalue weighted by Crippen LogP contribution is 2.34.